The fourth-order valence-electron chi connectivity index (χ4n) is 3.26. The largest absolute Gasteiger partial charge is 0.456 e. The summed E-state index contributed by atoms with van der Waals surface area (Å²) in [5.41, 5.74) is 1.02. The SMILES string of the molecule is CC(=O)O[C@H]1[C@H](OC(=O)c2ccccc2)[C@@H](OS(=O)(=O)c2ccc(C)cc2)[C@@H](O)O[C@@H]1CI. The zero-order valence-corrected chi connectivity index (χ0v) is 20.8. The molecule has 1 aliphatic rings. The Labute approximate surface area is 205 Å². The van der Waals surface area contributed by atoms with Crippen LogP contribution in [0.1, 0.15) is 22.8 Å². The summed E-state index contributed by atoms with van der Waals surface area (Å²) in [5.74, 6) is -1.50. The van der Waals surface area contributed by atoms with E-state index in [-0.39, 0.29) is 14.9 Å². The van der Waals surface area contributed by atoms with Gasteiger partial charge in [0, 0.05) is 11.4 Å². The molecule has 0 unspecified atom stereocenters. The molecular formula is C22H23IO9S. The van der Waals surface area contributed by atoms with Crippen molar-refractivity contribution in [1.29, 1.82) is 0 Å². The molecule has 0 radical (unpaired) electrons. The highest BCUT2D eigenvalue weighted by Gasteiger charge is 2.52. The quantitative estimate of drug-likeness (QED) is 0.224. The molecule has 0 aliphatic carbocycles. The topological polar surface area (TPSA) is 125 Å². The highest BCUT2D eigenvalue weighted by Crippen LogP contribution is 2.31. The fourth-order valence-corrected chi connectivity index (χ4v) is 5.05. The summed E-state index contributed by atoms with van der Waals surface area (Å²) in [6, 6.07) is 13.9. The Morgan fingerprint density at radius 1 is 1.00 bits per heavy atom. The first-order chi connectivity index (χ1) is 15.6. The van der Waals surface area contributed by atoms with Crippen LogP contribution in [0.5, 0.6) is 0 Å². The molecule has 1 fully saturated rings. The van der Waals surface area contributed by atoms with E-state index in [2.05, 4.69) is 0 Å². The van der Waals surface area contributed by atoms with Gasteiger partial charge in [0.05, 0.1) is 10.5 Å². The van der Waals surface area contributed by atoms with Crippen LogP contribution in [0.25, 0.3) is 0 Å². The number of aliphatic hydroxyl groups is 1. The van der Waals surface area contributed by atoms with Crippen LogP contribution in [0.3, 0.4) is 0 Å². The predicted molar refractivity (Wildman–Crippen MR) is 124 cm³/mol. The van der Waals surface area contributed by atoms with Gasteiger partial charge >= 0.3 is 11.9 Å². The Kier molecular flexibility index (Phi) is 8.45. The minimum absolute atomic E-state index is 0.159. The van der Waals surface area contributed by atoms with Crippen molar-refractivity contribution in [2.24, 2.45) is 0 Å². The third-order valence-corrected chi connectivity index (χ3v) is 7.06. The molecule has 9 nitrogen and oxygen atoms in total. The van der Waals surface area contributed by atoms with E-state index in [0.29, 0.717) is 0 Å². The van der Waals surface area contributed by atoms with Crippen LogP contribution in [0.4, 0.5) is 0 Å². The fraction of sp³-hybridized carbons (Fsp3) is 0.364. The number of ether oxygens (including phenoxy) is 3. The van der Waals surface area contributed by atoms with Crippen LogP contribution in [-0.2, 0) is 33.3 Å². The standard InChI is InChI=1S/C22H23IO9S/c1-13-8-10-16(11-9-13)33(27,28)32-20-19(31-21(25)15-6-4-3-5-7-15)18(29-14(2)24)17(12-23)30-22(20)26/h3-11,17-20,22,26H,12H2,1-2H3/t17-,18-,19+,20-,22+/m1/s1. The zero-order valence-electron chi connectivity index (χ0n) is 17.8. The third kappa shape index (κ3) is 6.29. The summed E-state index contributed by atoms with van der Waals surface area (Å²) >= 11 is 1.95. The third-order valence-electron chi connectivity index (χ3n) is 4.86. The number of aryl methyl sites for hydroxylation is 1. The molecule has 0 amide bonds. The van der Waals surface area contributed by atoms with Gasteiger partial charge < -0.3 is 19.3 Å². The molecule has 0 aromatic heterocycles. The summed E-state index contributed by atoms with van der Waals surface area (Å²) < 4.78 is 47.7. The Morgan fingerprint density at radius 2 is 1.64 bits per heavy atom. The number of alkyl halides is 1. The second kappa shape index (κ2) is 10.9. The zero-order chi connectivity index (χ0) is 24.2. The van der Waals surface area contributed by atoms with Crippen molar-refractivity contribution < 1.29 is 41.5 Å². The van der Waals surface area contributed by atoms with E-state index < -0.39 is 52.8 Å². The maximum absolute atomic E-state index is 12.9. The van der Waals surface area contributed by atoms with Crippen LogP contribution in [0, 0.1) is 6.92 Å². The van der Waals surface area contributed by atoms with Crippen LogP contribution in [0.15, 0.2) is 59.5 Å². The van der Waals surface area contributed by atoms with Gasteiger partial charge in [-0.05, 0) is 31.2 Å². The highest BCUT2D eigenvalue weighted by molar-refractivity contribution is 14.1. The van der Waals surface area contributed by atoms with E-state index in [1.165, 1.54) is 24.3 Å². The number of halogens is 1. The number of carbonyl (C=O) groups excluding carboxylic acids is 2. The molecule has 5 atom stereocenters. The van der Waals surface area contributed by atoms with Gasteiger partial charge in [0.15, 0.2) is 24.6 Å². The maximum Gasteiger partial charge on any atom is 0.338 e. The number of hydrogen-bond acceptors (Lipinski definition) is 9. The van der Waals surface area contributed by atoms with Crippen LogP contribution < -0.4 is 0 Å². The Morgan fingerprint density at radius 3 is 2.21 bits per heavy atom. The highest BCUT2D eigenvalue weighted by atomic mass is 127. The normalized spacial score (nSPS) is 25.3. The maximum atomic E-state index is 12.9. The number of hydrogen-bond donors (Lipinski definition) is 1. The van der Waals surface area contributed by atoms with Crippen LogP contribution >= 0.6 is 22.6 Å². The lowest BCUT2D eigenvalue weighted by atomic mass is 9.99. The van der Waals surface area contributed by atoms with Gasteiger partial charge in [0.2, 0.25) is 0 Å². The summed E-state index contributed by atoms with van der Waals surface area (Å²) in [4.78, 5) is 24.4. The summed E-state index contributed by atoms with van der Waals surface area (Å²) in [5, 5.41) is 10.6. The van der Waals surface area contributed by atoms with E-state index in [0.717, 1.165) is 12.5 Å². The summed E-state index contributed by atoms with van der Waals surface area (Å²) in [6.45, 7) is 2.95. The number of rotatable bonds is 7. The van der Waals surface area contributed by atoms with Crippen molar-refractivity contribution in [2.45, 2.75) is 49.4 Å². The lowest BCUT2D eigenvalue weighted by Gasteiger charge is -2.42. The first-order valence-corrected chi connectivity index (χ1v) is 12.9. The van der Waals surface area contributed by atoms with Gasteiger partial charge in [0.25, 0.3) is 10.1 Å². The van der Waals surface area contributed by atoms with Gasteiger partial charge in [-0.3, -0.25) is 8.98 Å². The van der Waals surface area contributed by atoms with Crippen molar-refractivity contribution in [1.82, 2.24) is 0 Å². The molecule has 3 rings (SSSR count). The lowest BCUT2D eigenvalue weighted by molar-refractivity contribution is -0.272. The lowest BCUT2D eigenvalue weighted by Crippen LogP contribution is -2.61. The van der Waals surface area contributed by atoms with E-state index in [1.807, 2.05) is 22.6 Å². The van der Waals surface area contributed by atoms with Gasteiger partial charge in [-0.15, -0.1) is 0 Å². The second-order valence-electron chi connectivity index (χ2n) is 7.36. The van der Waals surface area contributed by atoms with Crippen molar-refractivity contribution in [3.63, 3.8) is 0 Å². The average molecular weight is 590 g/mol. The first-order valence-electron chi connectivity index (χ1n) is 9.95. The number of carbonyl (C=O) groups is 2. The number of aliphatic hydroxyl groups excluding tert-OH is 1. The minimum Gasteiger partial charge on any atom is -0.456 e. The summed E-state index contributed by atoms with van der Waals surface area (Å²) in [6.07, 6.45) is -7.02. The molecule has 1 N–H and O–H groups in total. The predicted octanol–water partition coefficient (Wildman–Crippen LogP) is 2.38. The Bertz CT molecular complexity index is 1070. The van der Waals surface area contributed by atoms with Crippen LogP contribution in [-0.4, -0.2) is 60.6 Å². The average Bonchev–Trinajstić information content (AvgIpc) is 2.78. The van der Waals surface area contributed by atoms with Crippen molar-refractivity contribution in [3.8, 4) is 0 Å². The summed E-state index contributed by atoms with van der Waals surface area (Å²) in [7, 11) is -4.39. The van der Waals surface area contributed by atoms with Gasteiger partial charge in [-0.1, -0.05) is 58.5 Å². The number of esters is 2. The smallest absolute Gasteiger partial charge is 0.338 e. The number of benzene rings is 2. The monoisotopic (exact) mass is 590 g/mol. The first kappa shape index (κ1) is 25.6. The molecule has 33 heavy (non-hydrogen) atoms. The van der Waals surface area contributed by atoms with Crippen molar-refractivity contribution >= 4 is 44.6 Å². The van der Waals surface area contributed by atoms with Crippen molar-refractivity contribution in [3.05, 3.63) is 65.7 Å². The van der Waals surface area contributed by atoms with Crippen LogP contribution in [0.2, 0.25) is 0 Å². The molecule has 1 aliphatic heterocycles. The van der Waals surface area contributed by atoms with Gasteiger partial charge in [-0.25, -0.2) is 4.79 Å². The molecule has 1 saturated heterocycles. The second-order valence-corrected chi connectivity index (χ2v) is 9.81. The molecule has 11 heteroatoms. The van der Waals surface area contributed by atoms with E-state index in [1.54, 1.807) is 37.3 Å². The molecule has 2 aromatic carbocycles. The van der Waals surface area contributed by atoms with Gasteiger partial charge in [-0.2, -0.15) is 8.42 Å². The Hall–Kier alpha value is -2.06. The van der Waals surface area contributed by atoms with Gasteiger partial charge in [0.1, 0.15) is 6.10 Å². The van der Waals surface area contributed by atoms with Crippen molar-refractivity contribution in [2.75, 3.05) is 4.43 Å². The van der Waals surface area contributed by atoms with E-state index in [9.17, 15) is 23.1 Å². The van der Waals surface area contributed by atoms with E-state index >= 15 is 0 Å². The molecule has 178 valence electrons. The minimum atomic E-state index is -4.39. The molecule has 1 heterocycles. The molecule has 0 bridgehead atoms. The molecule has 0 saturated carbocycles. The molecular weight excluding hydrogens is 567 g/mol. The molecule has 0 spiro atoms. The Balaban J connectivity index is 1.97. The molecule has 2 aromatic rings. The van der Waals surface area contributed by atoms with E-state index in [4.69, 9.17) is 18.4 Å².